The van der Waals surface area contributed by atoms with E-state index in [0.717, 1.165) is 25.1 Å². The number of hydrogen-bond donors (Lipinski definition) is 1. The minimum atomic E-state index is -0.279. The molecule has 0 aromatic heterocycles. The topological polar surface area (TPSA) is 58.4 Å². The van der Waals surface area contributed by atoms with Crippen LogP contribution < -0.4 is 10.2 Å². The Labute approximate surface area is 113 Å². The van der Waals surface area contributed by atoms with Crippen molar-refractivity contribution in [2.24, 2.45) is 0 Å². The lowest BCUT2D eigenvalue weighted by Gasteiger charge is -2.29. The lowest BCUT2D eigenvalue weighted by Crippen LogP contribution is -2.33. The van der Waals surface area contributed by atoms with Crippen molar-refractivity contribution in [1.29, 1.82) is 0 Å². The van der Waals surface area contributed by atoms with Gasteiger partial charge in [0.05, 0.1) is 4.92 Å². The van der Waals surface area contributed by atoms with Gasteiger partial charge in [-0.15, -0.1) is 0 Å². The third kappa shape index (κ3) is 2.64. The van der Waals surface area contributed by atoms with E-state index < -0.39 is 0 Å². The Morgan fingerprint density at radius 1 is 1.42 bits per heavy atom. The number of nitro benzene ring substituents is 1. The van der Waals surface area contributed by atoms with Crippen LogP contribution in [-0.4, -0.2) is 24.6 Å². The first kappa shape index (κ1) is 13.6. The van der Waals surface area contributed by atoms with Crippen molar-refractivity contribution in [2.45, 2.75) is 38.6 Å². The fourth-order valence-electron chi connectivity index (χ4n) is 3.00. The molecule has 0 unspecified atom stereocenters. The van der Waals surface area contributed by atoms with Crippen molar-refractivity contribution >= 4 is 17.1 Å². The van der Waals surface area contributed by atoms with Crippen LogP contribution in [0.25, 0.3) is 0 Å². The quantitative estimate of drug-likeness (QED) is 0.653. The molecule has 19 heavy (non-hydrogen) atoms. The van der Waals surface area contributed by atoms with E-state index in [1.165, 1.54) is 12.8 Å². The molecule has 1 aliphatic rings. The summed E-state index contributed by atoms with van der Waals surface area (Å²) in [4.78, 5) is 13.3. The van der Waals surface area contributed by atoms with Gasteiger partial charge in [-0.25, -0.2) is 0 Å². The van der Waals surface area contributed by atoms with Gasteiger partial charge in [-0.3, -0.25) is 10.1 Å². The lowest BCUT2D eigenvalue weighted by molar-refractivity contribution is -0.383. The molecule has 2 rings (SSSR count). The first-order valence-electron chi connectivity index (χ1n) is 6.90. The maximum Gasteiger partial charge on any atom is 0.315 e. The first-order valence-corrected chi connectivity index (χ1v) is 6.90. The number of rotatable bonds is 5. The molecule has 1 saturated carbocycles. The number of nitro groups is 1. The van der Waals surface area contributed by atoms with E-state index in [0.29, 0.717) is 11.7 Å². The Kier molecular flexibility index (Phi) is 4.24. The highest BCUT2D eigenvalue weighted by molar-refractivity contribution is 5.77. The Bertz CT molecular complexity index is 456. The molecule has 0 amide bonds. The van der Waals surface area contributed by atoms with Gasteiger partial charge in [0, 0.05) is 19.6 Å². The summed E-state index contributed by atoms with van der Waals surface area (Å²) in [5, 5.41) is 14.3. The zero-order valence-corrected chi connectivity index (χ0v) is 11.6. The zero-order valence-electron chi connectivity index (χ0n) is 11.6. The van der Waals surface area contributed by atoms with Crippen LogP contribution in [0.15, 0.2) is 18.2 Å². The molecule has 1 fully saturated rings. The lowest BCUT2D eigenvalue weighted by atomic mass is 10.1. The molecule has 1 aromatic carbocycles. The standard InChI is InChI=1S/C14H21N3O2/c1-3-16(11-7-4-5-8-11)13-10-6-9-12(15-2)14(13)17(18)19/h6,9-11,15H,3-5,7-8H2,1-2H3. The molecule has 0 radical (unpaired) electrons. The van der Waals surface area contributed by atoms with Gasteiger partial charge in [0.1, 0.15) is 11.4 Å². The summed E-state index contributed by atoms with van der Waals surface area (Å²) in [6, 6.07) is 5.94. The molecule has 5 heteroatoms. The van der Waals surface area contributed by atoms with E-state index in [1.807, 2.05) is 12.1 Å². The van der Waals surface area contributed by atoms with Gasteiger partial charge >= 0.3 is 5.69 Å². The van der Waals surface area contributed by atoms with E-state index >= 15 is 0 Å². The highest BCUT2D eigenvalue weighted by Crippen LogP contribution is 2.38. The molecule has 1 N–H and O–H groups in total. The molecule has 1 aromatic rings. The molecule has 5 nitrogen and oxygen atoms in total. The predicted molar refractivity (Wildman–Crippen MR) is 77.9 cm³/mol. The number of nitrogens with one attached hydrogen (secondary N) is 1. The van der Waals surface area contributed by atoms with E-state index in [2.05, 4.69) is 17.1 Å². The molecule has 0 saturated heterocycles. The molecule has 104 valence electrons. The SMILES string of the molecule is CCN(c1cccc(NC)c1[N+](=O)[O-])C1CCCC1. The number of benzene rings is 1. The number of anilines is 2. The number of hydrogen-bond acceptors (Lipinski definition) is 4. The summed E-state index contributed by atoms with van der Waals surface area (Å²) in [5.74, 6) is 0. The van der Waals surface area contributed by atoms with Gasteiger partial charge in [-0.05, 0) is 31.9 Å². The smallest absolute Gasteiger partial charge is 0.315 e. The van der Waals surface area contributed by atoms with Crippen LogP contribution in [0.5, 0.6) is 0 Å². The number of para-hydroxylation sites is 1. The minimum Gasteiger partial charge on any atom is -0.382 e. The Hall–Kier alpha value is -1.78. The average molecular weight is 263 g/mol. The maximum atomic E-state index is 11.4. The third-order valence-electron chi connectivity index (χ3n) is 3.88. The zero-order chi connectivity index (χ0) is 13.8. The minimum absolute atomic E-state index is 0.193. The van der Waals surface area contributed by atoms with Crippen LogP contribution in [0, 0.1) is 10.1 Å². The van der Waals surface area contributed by atoms with Gasteiger partial charge in [0.25, 0.3) is 0 Å². The number of nitrogens with zero attached hydrogens (tertiary/aromatic N) is 2. The van der Waals surface area contributed by atoms with E-state index in [1.54, 1.807) is 13.1 Å². The summed E-state index contributed by atoms with van der Waals surface area (Å²) in [6.45, 7) is 2.87. The Morgan fingerprint density at radius 3 is 2.63 bits per heavy atom. The van der Waals surface area contributed by atoms with Crippen molar-refractivity contribution in [3.8, 4) is 0 Å². The monoisotopic (exact) mass is 263 g/mol. The van der Waals surface area contributed by atoms with Gasteiger partial charge in [-0.2, -0.15) is 0 Å². The summed E-state index contributed by atoms with van der Waals surface area (Å²) in [7, 11) is 1.72. The molecule has 1 aliphatic carbocycles. The maximum absolute atomic E-state index is 11.4. The van der Waals surface area contributed by atoms with Crippen LogP contribution in [0.2, 0.25) is 0 Å². The second-order valence-corrected chi connectivity index (χ2v) is 4.90. The van der Waals surface area contributed by atoms with Gasteiger partial charge < -0.3 is 10.2 Å². The van der Waals surface area contributed by atoms with Gasteiger partial charge in [0.15, 0.2) is 0 Å². The second-order valence-electron chi connectivity index (χ2n) is 4.90. The fraction of sp³-hybridized carbons (Fsp3) is 0.571. The Morgan fingerprint density at radius 2 is 2.11 bits per heavy atom. The summed E-state index contributed by atoms with van der Waals surface area (Å²) < 4.78 is 0. The molecule has 0 spiro atoms. The highest BCUT2D eigenvalue weighted by atomic mass is 16.6. The largest absolute Gasteiger partial charge is 0.382 e. The fourth-order valence-corrected chi connectivity index (χ4v) is 3.00. The molecule has 0 heterocycles. The second kappa shape index (κ2) is 5.91. The summed E-state index contributed by atoms with van der Waals surface area (Å²) >= 11 is 0. The van der Waals surface area contributed by atoms with Crippen molar-refractivity contribution in [3.05, 3.63) is 28.3 Å². The molecular weight excluding hydrogens is 242 g/mol. The average Bonchev–Trinajstić information content (AvgIpc) is 2.93. The molecule has 0 atom stereocenters. The third-order valence-corrected chi connectivity index (χ3v) is 3.88. The van der Waals surface area contributed by atoms with Crippen LogP contribution in [0.1, 0.15) is 32.6 Å². The van der Waals surface area contributed by atoms with Crippen LogP contribution in [0.3, 0.4) is 0 Å². The van der Waals surface area contributed by atoms with E-state index in [-0.39, 0.29) is 10.6 Å². The summed E-state index contributed by atoms with van der Waals surface area (Å²) in [6.07, 6.45) is 4.71. The van der Waals surface area contributed by atoms with E-state index in [9.17, 15) is 10.1 Å². The van der Waals surface area contributed by atoms with Gasteiger partial charge in [0.2, 0.25) is 0 Å². The molecule has 0 bridgehead atoms. The van der Waals surface area contributed by atoms with Crippen molar-refractivity contribution in [1.82, 2.24) is 0 Å². The van der Waals surface area contributed by atoms with Gasteiger partial charge in [-0.1, -0.05) is 18.9 Å². The van der Waals surface area contributed by atoms with Crippen molar-refractivity contribution < 1.29 is 4.92 Å². The van der Waals surface area contributed by atoms with Crippen molar-refractivity contribution in [2.75, 3.05) is 23.8 Å². The molecular formula is C14H21N3O2. The van der Waals surface area contributed by atoms with E-state index in [4.69, 9.17) is 0 Å². The van der Waals surface area contributed by atoms with Crippen LogP contribution in [0.4, 0.5) is 17.1 Å². The van der Waals surface area contributed by atoms with Crippen LogP contribution in [-0.2, 0) is 0 Å². The normalized spacial score (nSPS) is 15.5. The summed E-state index contributed by atoms with van der Waals surface area (Å²) in [5.41, 5.74) is 1.52. The predicted octanol–water partition coefficient (Wildman–Crippen LogP) is 3.41. The van der Waals surface area contributed by atoms with Crippen molar-refractivity contribution in [3.63, 3.8) is 0 Å². The first-order chi connectivity index (χ1) is 9.19. The highest BCUT2D eigenvalue weighted by Gasteiger charge is 2.28. The Balaban J connectivity index is 2.43. The molecule has 0 aliphatic heterocycles. The van der Waals surface area contributed by atoms with Crippen LogP contribution >= 0.6 is 0 Å².